The number of piperidine rings is 1. The van der Waals surface area contributed by atoms with Crippen LogP contribution in [0.2, 0.25) is 0 Å². The highest BCUT2D eigenvalue weighted by Crippen LogP contribution is 2.15. The first-order valence-electron chi connectivity index (χ1n) is 6.64. The molecule has 0 aromatic rings. The van der Waals surface area contributed by atoms with Crippen LogP contribution in [-0.4, -0.2) is 49.3 Å². The maximum atomic E-state index is 9.28. The van der Waals surface area contributed by atoms with Gasteiger partial charge in [0.2, 0.25) is 0 Å². The minimum atomic E-state index is 0.269. The Morgan fingerprint density at radius 2 is 1.94 bits per heavy atom. The molecule has 3 heteroatoms. The Hall–Kier alpha value is -0.120. The van der Waals surface area contributed by atoms with E-state index in [1.165, 1.54) is 25.9 Å². The quantitative estimate of drug-likeness (QED) is 0.720. The van der Waals surface area contributed by atoms with Gasteiger partial charge in [-0.1, -0.05) is 13.8 Å². The van der Waals surface area contributed by atoms with E-state index in [4.69, 9.17) is 0 Å². The first-order valence-corrected chi connectivity index (χ1v) is 6.64. The third-order valence-corrected chi connectivity index (χ3v) is 3.51. The third kappa shape index (κ3) is 5.28. The molecule has 1 unspecified atom stereocenters. The zero-order valence-corrected chi connectivity index (χ0v) is 11.1. The molecule has 0 amide bonds. The van der Waals surface area contributed by atoms with E-state index in [0.717, 1.165) is 18.9 Å². The van der Waals surface area contributed by atoms with E-state index in [-0.39, 0.29) is 6.61 Å². The number of aliphatic hydroxyl groups is 1. The van der Waals surface area contributed by atoms with Crippen molar-refractivity contribution in [3.8, 4) is 0 Å². The Morgan fingerprint density at radius 3 is 2.44 bits per heavy atom. The van der Waals surface area contributed by atoms with Crippen molar-refractivity contribution < 1.29 is 5.11 Å². The molecule has 0 spiro atoms. The minimum absolute atomic E-state index is 0.269. The lowest BCUT2D eigenvalue weighted by Crippen LogP contribution is -2.40. The van der Waals surface area contributed by atoms with E-state index < -0.39 is 0 Å². The van der Waals surface area contributed by atoms with E-state index in [9.17, 15) is 5.11 Å². The highest BCUT2D eigenvalue weighted by molar-refractivity contribution is 4.75. The summed E-state index contributed by atoms with van der Waals surface area (Å²) in [7, 11) is 2.19. The fraction of sp³-hybridized carbons (Fsp3) is 1.00. The average Bonchev–Trinajstić information content (AvgIpc) is 2.26. The first-order chi connectivity index (χ1) is 7.61. The van der Waals surface area contributed by atoms with Gasteiger partial charge in [0.05, 0.1) is 6.61 Å². The van der Waals surface area contributed by atoms with Gasteiger partial charge in [-0.3, -0.25) is 0 Å². The Kier molecular flexibility index (Phi) is 6.32. The van der Waals surface area contributed by atoms with Crippen molar-refractivity contribution in [1.29, 1.82) is 0 Å². The third-order valence-electron chi connectivity index (χ3n) is 3.51. The van der Waals surface area contributed by atoms with Crippen LogP contribution in [-0.2, 0) is 0 Å². The highest BCUT2D eigenvalue weighted by atomic mass is 16.3. The minimum Gasteiger partial charge on any atom is -0.395 e. The molecule has 2 N–H and O–H groups in total. The van der Waals surface area contributed by atoms with Gasteiger partial charge < -0.3 is 15.3 Å². The number of aliphatic hydroxyl groups excluding tert-OH is 1. The van der Waals surface area contributed by atoms with Crippen LogP contribution >= 0.6 is 0 Å². The van der Waals surface area contributed by atoms with Crippen molar-refractivity contribution in [2.75, 3.05) is 33.3 Å². The van der Waals surface area contributed by atoms with Crippen molar-refractivity contribution >= 4 is 0 Å². The van der Waals surface area contributed by atoms with Gasteiger partial charge in [-0.2, -0.15) is 0 Å². The molecular weight excluding hydrogens is 200 g/mol. The Morgan fingerprint density at radius 1 is 1.31 bits per heavy atom. The number of nitrogens with one attached hydrogen (secondary N) is 1. The molecule has 1 atom stereocenters. The lowest BCUT2D eigenvalue weighted by Gasteiger charge is -2.30. The van der Waals surface area contributed by atoms with Gasteiger partial charge in [0.15, 0.2) is 0 Å². The van der Waals surface area contributed by atoms with Crippen LogP contribution in [0.5, 0.6) is 0 Å². The Bertz CT molecular complexity index is 177. The summed E-state index contributed by atoms with van der Waals surface area (Å²) in [6.07, 6.45) is 3.66. The maximum absolute atomic E-state index is 9.28. The summed E-state index contributed by atoms with van der Waals surface area (Å²) in [6.45, 7) is 8.21. The molecule has 0 saturated carbocycles. The predicted octanol–water partition coefficient (Wildman–Crippen LogP) is 1.32. The van der Waals surface area contributed by atoms with E-state index in [2.05, 4.69) is 31.1 Å². The van der Waals surface area contributed by atoms with Crippen LogP contribution in [0.15, 0.2) is 0 Å². The summed E-state index contributed by atoms with van der Waals surface area (Å²) < 4.78 is 0. The van der Waals surface area contributed by atoms with Gasteiger partial charge in [-0.05, 0) is 57.8 Å². The van der Waals surface area contributed by atoms with Crippen LogP contribution in [0.1, 0.15) is 33.1 Å². The number of rotatable bonds is 6. The summed E-state index contributed by atoms with van der Waals surface area (Å²) >= 11 is 0. The second-order valence-corrected chi connectivity index (χ2v) is 5.66. The summed E-state index contributed by atoms with van der Waals surface area (Å²) in [6, 6.07) is 0.291. The molecule has 0 aromatic carbocycles. The van der Waals surface area contributed by atoms with Crippen LogP contribution in [0.25, 0.3) is 0 Å². The Labute approximate surface area is 100 Å². The molecule has 0 aromatic heterocycles. The van der Waals surface area contributed by atoms with Gasteiger partial charge in [0.25, 0.3) is 0 Å². The van der Waals surface area contributed by atoms with Gasteiger partial charge in [-0.25, -0.2) is 0 Å². The van der Waals surface area contributed by atoms with Crippen molar-refractivity contribution in [3.63, 3.8) is 0 Å². The summed E-state index contributed by atoms with van der Waals surface area (Å²) in [4.78, 5) is 2.40. The predicted molar refractivity (Wildman–Crippen MR) is 68.6 cm³/mol. The molecule has 0 aliphatic carbocycles. The van der Waals surface area contributed by atoms with Crippen LogP contribution in [0, 0.1) is 11.8 Å². The second-order valence-electron chi connectivity index (χ2n) is 5.66. The van der Waals surface area contributed by atoms with Gasteiger partial charge in [0, 0.05) is 6.04 Å². The molecule has 16 heavy (non-hydrogen) atoms. The zero-order valence-electron chi connectivity index (χ0n) is 11.1. The van der Waals surface area contributed by atoms with Gasteiger partial charge in [-0.15, -0.1) is 0 Å². The molecule has 96 valence electrons. The fourth-order valence-electron chi connectivity index (χ4n) is 2.39. The van der Waals surface area contributed by atoms with Crippen LogP contribution in [0.3, 0.4) is 0 Å². The van der Waals surface area contributed by atoms with E-state index in [1.54, 1.807) is 0 Å². The number of likely N-dealkylation sites (tertiary alicyclic amines) is 1. The number of hydrogen-bond acceptors (Lipinski definition) is 3. The lowest BCUT2D eigenvalue weighted by atomic mass is 9.96. The largest absolute Gasteiger partial charge is 0.395 e. The van der Waals surface area contributed by atoms with E-state index in [0.29, 0.717) is 12.0 Å². The number of nitrogens with zero attached hydrogens (tertiary/aromatic N) is 1. The summed E-state index contributed by atoms with van der Waals surface area (Å²) in [5.41, 5.74) is 0. The molecule has 1 fully saturated rings. The number of hydrogen-bond donors (Lipinski definition) is 2. The first kappa shape index (κ1) is 13.9. The second kappa shape index (κ2) is 7.25. The molecular formula is C13H28N2O. The van der Waals surface area contributed by atoms with Crippen molar-refractivity contribution in [2.45, 2.75) is 39.2 Å². The van der Waals surface area contributed by atoms with Crippen LogP contribution in [0.4, 0.5) is 0 Å². The maximum Gasteiger partial charge on any atom is 0.0584 e. The van der Waals surface area contributed by atoms with Gasteiger partial charge in [0.1, 0.15) is 0 Å². The normalized spacial score (nSPS) is 21.6. The lowest BCUT2D eigenvalue weighted by molar-refractivity contribution is 0.189. The molecule has 0 bridgehead atoms. The molecule has 1 saturated heterocycles. The SMILES string of the molecule is CC(C)CC(CO)NCC1CCN(C)CC1. The smallest absolute Gasteiger partial charge is 0.0584 e. The van der Waals surface area contributed by atoms with Gasteiger partial charge >= 0.3 is 0 Å². The van der Waals surface area contributed by atoms with E-state index >= 15 is 0 Å². The molecule has 3 nitrogen and oxygen atoms in total. The molecule has 1 aliphatic heterocycles. The average molecular weight is 228 g/mol. The molecule has 1 heterocycles. The van der Waals surface area contributed by atoms with Crippen molar-refractivity contribution in [2.24, 2.45) is 11.8 Å². The zero-order chi connectivity index (χ0) is 12.0. The fourth-order valence-corrected chi connectivity index (χ4v) is 2.39. The van der Waals surface area contributed by atoms with Crippen molar-refractivity contribution in [3.05, 3.63) is 0 Å². The molecule has 1 aliphatic rings. The van der Waals surface area contributed by atoms with Crippen molar-refractivity contribution in [1.82, 2.24) is 10.2 Å². The molecule has 1 rings (SSSR count). The standard InChI is InChI=1S/C13H28N2O/c1-11(2)8-13(10-16)14-9-12-4-6-15(3)7-5-12/h11-14,16H,4-10H2,1-3H3. The van der Waals surface area contributed by atoms with E-state index in [1.807, 2.05) is 0 Å². The molecule has 0 radical (unpaired) electrons. The topological polar surface area (TPSA) is 35.5 Å². The summed E-state index contributed by atoms with van der Waals surface area (Å²) in [5, 5.41) is 12.8. The monoisotopic (exact) mass is 228 g/mol. The summed E-state index contributed by atoms with van der Waals surface area (Å²) in [5.74, 6) is 1.46. The van der Waals surface area contributed by atoms with Crippen LogP contribution < -0.4 is 5.32 Å². The Balaban J connectivity index is 2.16. The highest BCUT2D eigenvalue weighted by Gasteiger charge is 2.18.